The minimum Gasteiger partial charge on any atom is -0.476 e. The van der Waals surface area contributed by atoms with Gasteiger partial charge in [0.05, 0.1) is 31.7 Å². The molecule has 29 heavy (non-hydrogen) atoms. The van der Waals surface area contributed by atoms with Gasteiger partial charge >= 0.3 is 7.82 Å². The average Bonchev–Trinajstić information content (AvgIpc) is 3.20. The molecule has 4 unspecified atom stereocenters. The van der Waals surface area contributed by atoms with Gasteiger partial charge in [-0.25, -0.2) is 9.55 Å². The molecule has 3 heterocycles. The summed E-state index contributed by atoms with van der Waals surface area (Å²) in [7, 11) is -4.08. The van der Waals surface area contributed by atoms with E-state index in [1.165, 1.54) is 0 Å². The van der Waals surface area contributed by atoms with Crippen LogP contribution in [-0.4, -0.2) is 49.8 Å². The molecule has 1 saturated carbocycles. The largest absolute Gasteiger partial charge is 0.476 e. The van der Waals surface area contributed by atoms with Crippen LogP contribution in [0.4, 0.5) is 5.95 Å². The van der Waals surface area contributed by atoms with Gasteiger partial charge in [0.25, 0.3) is 0 Å². The third-order valence-electron chi connectivity index (χ3n) is 5.17. The van der Waals surface area contributed by atoms with Crippen LogP contribution in [0.25, 0.3) is 11.2 Å². The van der Waals surface area contributed by atoms with Crippen molar-refractivity contribution >= 4 is 24.9 Å². The molecular formula is C17H26N5O6P. The summed E-state index contributed by atoms with van der Waals surface area (Å²) in [5.74, 6) is 0.509. The molecule has 4 atom stereocenters. The number of imidazole rings is 1. The van der Waals surface area contributed by atoms with Crippen LogP contribution < -0.4 is 10.5 Å². The summed E-state index contributed by atoms with van der Waals surface area (Å²) in [5.41, 5.74) is 6.84. The number of nitrogens with two attached hydrogens (primary N) is 1. The molecule has 3 N–H and O–H groups in total. The number of phosphoric acid groups is 1. The maximum Gasteiger partial charge on any atom is 0.472 e. The summed E-state index contributed by atoms with van der Waals surface area (Å²) < 4.78 is 35.7. The zero-order valence-corrected chi connectivity index (χ0v) is 17.3. The quantitative estimate of drug-likeness (QED) is 0.603. The first-order chi connectivity index (χ1) is 13.9. The molecule has 2 aromatic rings. The Balaban J connectivity index is 1.45. The highest BCUT2D eigenvalue weighted by Gasteiger charge is 2.37. The number of aromatic nitrogens is 4. The van der Waals surface area contributed by atoms with Gasteiger partial charge < -0.3 is 20.1 Å². The Morgan fingerprint density at radius 2 is 2.21 bits per heavy atom. The van der Waals surface area contributed by atoms with Gasteiger partial charge in [0.15, 0.2) is 11.2 Å². The summed E-state index contributed by atoms with van der Waals surface area (Å²) in [6, 6.07) is 0. The van der Waals surface area contributed by atoms with Crippen LogP contribution in [0.15, 0.2) is 6.33 Å². The summed E-state index contributed by atoms with van der Waals surface area (Å²) in [6.07, 6.45) is 3.92. The number of nitrogen functional groups attached to an aromatic ring is 1. The second-order valence-electron chi connectivity index (χ2n) is 7.43. The second kappa shape index (κ2) is 8.16. The predicted octanol–water partition coefficient (Wildman–Crippen LogP) is 2.42. The zero-order valence-electron chi connectivity index (χ0n) is 16.4. The monoisotopic (exact) mass is 427 g/mol. The summed E-state index contributed by atoms with van der Waals surface area (Å²) in [5, 5.41) is 0. The van der Waals surface area contributed by atoms with Gasteiger partial charge in [-0.15, -0.1) is 0 Å². The fourth-order valence-corrected chi connectivity index (χ4v) is 4.57. The summed E-state index contributed by atoms with van der Waals surface area (Å²) in [6.45, 7) is 4.27. The molecule has 0 radical (unpaired) electrons. The van der Waals surface area contributed by atoms with E-state index in [4.69, 9.17) is 24.3 Å². The van der Waals surface area contributed by atoms with Crippen molar-refractivity contribution in [2.75, 3.05) is 18.9 Å². The number of rotatable bonds is 8. The van der Waals surface area contributed by atoms with E-state index >= 15 is 0 Å². The van der Waals surface area contributed by atoms with Crippen LogP contribution in [-0.2, 0) is 18.3 Å². The van der Waals surface area contributed by atoms with Gasteiger partial charge in [0.1, 0.15) is 6.23 Å². The molecule has 0 spiro atoms. The Kier molecular flexibility index (Phi) is 5.76. The molecule has 12 heteroatoms. The predicted molar refractivity (Wildman–Crippen MR) is 103 cm³/mol. The molecule has 2 aliphatic rings. The fraction of sp³-hybridized carbons (Fsp3) is 0.706. The highest BCUT2D eigenvalue weighted by molar-refractivity contribution is 7.47. The topological polar surface area (TPSA) is 144 Å². The first-order valence-electron chi connectivity index (χ1n) is 9.80. The first kappa shape index (κ1) is 20.5. The Morgan fingerprint density at radius 1 is 1.41 bits per heavy atom. The number of hydrogen-bond donors (Lipinski definition) is 2. The van der Waals surface area contributed by atoms with Gasteiger partial charge in [-0.2, -0.15) is 9.97 Å². The van der Waals surface area contributed by atoms with Crippen LogP contribution in [0, 0.1) is 5.92 Å². The smallest absolute Gasteiger partial charge is 0.472 e. The molecule has 0 amide bonds. The maximum absolute atomic E-state index is 12.1. The van der Waals surface area contributed by atoms with E-state index in [1.54, 1.807) is 10.9 Å². The van der Waals surface area contributed by atoms with Crippen molar-refractivity contribution in [1.82, 2.24) is 19.5 Å². The van der Waals surface area contributed by atoms with Crippen LogP contribution in [0.2, 0.25) is 0 Å². The van der Waals surface area contributed by atoms with E-state index < -0.39 is 7.82 Å². The standard InChI is InChI=1S/C17H26N5O6P/c1-3-25-15-13-14(20-17(18)21-15)22(9-19-13)16-10(2)7-12(27-16)8-26-29(23,24)28-11-5-4-6-11/h9-12,16H,3-8H2,1-2H3,(H,23,24)(H2,18,20,21). The average molecular weight is 427 g/mol. The SMILES string of the molecule is CCOc1nc(N)nc2c1ncn2C1OC(COP(=O)(O)OC2CCC2)CC1C. The molecule has 1 aliphatic carbocycles. The van der Waals surface area contributed by atoms with Crippen LogP contribution in [0.3, 0.4) is 0 Å². The van der Waals surface area contributed by atoms with Crippen molar-refractivity contribution < 1.29 is 28.0 Å². The molecule has 11 nitrogen and oxygen atoms in total. The maximum atomic E-state index is 12.1. The van der Waals surface area contributed by atoms with Crippen molar-refractivity contribution in [3.63, 3.8) is 0 Å². The number of anilines is 1. The van der Waals surface area contributed by atoms with Gasteiger partial charge in [0.2, 0.25) is 11.8 Å². The normalized spacial score (nSPS) is 27.1. The molecular weight excluding hydrogens is 401 g/mol. The van der Waals surface area contributed by atoms with Crippen LogP contribution >= 0.6 is 7.82 Å². The van der Waals surface area contributed by atoms with Crippen molar-refractivity contribution in [2.24, 2.45) is 5.92 Å². The molecule has 0 aromatic carbocycles. The Labute approximate surface area is 168 Å². The minimum absolute atomic E-state index is 0.0325. The lowest BCUT2D eigenvalue weighted by Gasteiger charge is -2.27. The zero-order chi connectivity index (χ0) is 20.6. The molecule has 1 aliphatic heterocycles. The van der Waals surface area contributed by atoms with Crippen molar-refractivity contribution in [3.8, 4) is 5.88 Å². The number of fused-ring (bicyclic) bond motifs is 1. The Morgan fingerprint density at radius 3 is 2.90 bits per heavy atom. The van der Waals surface area contributed by atoms with Gasteiger partial charge in [-0.05, 0) is 32.6 Å². The molecule has 0 bridgehead atoms. The van der Waals surface area contributed by atoms with Gasteiger partial charge in [-0.3, -0.25) is 13.6 Å². The summed E-state index contributed by atoms with van der Waals surface area (Å²) >= 11 is 0. The summed E-state index contributed by atoms with van der Waals surface area (Å²) in [4.78, 5) is 22.6. The number of hydrogen-bond acceptors (Lipinski definition) is 9. The fourth-order valence-electron chi connectivity index (χ4n) is 3.57. The van der Waals surface area contributed by atoms with Crippen LogP contribution in [0.1, 0.15) is 45.8 Å². The lowest BCUT2D eigenvalue weighted by Crippen LogP contribution is -2.22. The highest BCUT2D eigenvalue weighted by atomic mass is 31.2. The highest BCUT2D eigenvalue weighted by Crippen LogP contribution is 2.48. The number of ether oxygens (including phenoxy) is 2. The number of phosphoric ester groups is 1. The molecule has 160 valence electrons. The van der Waals surface area contributed by atoms with E-state index in [9.17, 15) is 9.46 Å². The first-order valence-corrected chi connectivity index (χ1v) is 11.3. The lowest BCUT2D eigenvalue weighted by molar-refractivity contribution is -0.0341. The van der Waals surface area contributed by atoms with Crippen molar-refractivity contribution in [2.45, 2.75) is 58.0 Å². The molecule has 2 aromatic heterocycles. The lowest BCUT2D eigenvalue weighted by atomic mass is 9.97. The van der Waals surface area contributed by atoms with Crippen LogP contribution in [0.5, 0.6) is 5.88 Å². The third kappa shape index (κ3) is 4.39. The van der Waals surface area contributed by atoms with E-state index in [0.29, 0.717) is 30.1 Å². The van der Waals surface area contributed by atoms with Crippen molar-refractivity contribution in [1.29, 1.82) is 0 Å². The van der Waals surface area contributed by atoms with Gasteiger partial charge in [0, 0.05) is 5.92 Å². The van der Waals surface area contributed by atoms with E-state index in [-0.39, 0.29) is 36.9 Å². The van der Waals surface area contributed by atoms with E-state index in [2.05, 4.69) is 15.0 Å². The van der Waals surface area contributed by atoms with Crippen molar-refractivity contribution in [3.05, 3.63) is 6.33 Å². The Bertz CT molecular complexity index is 919. The minimum atomic E-state index is -4.08. The molecule has 1 saturated heterocycles. The van der Waals surface area contributed by atoms with E-state index in [1.807, 2.05) is 13.8 Å². The van der Waals surface area contributed by atoms with E-state index in [0.717, 1.165) is 19.3 Å². The molecule has 4 rings (SSSR count). The molecule has 2 fully saturated rings. The number of nitrogens with zero attached hydrogens (tertiary/aromatic N) is 4. The van der Waals surface area contributed by atoms with Gasteiger partial charge in [-0.1, -0.05) is 6.92 Å². The Hall–Kier alpha value is -1.78. The second-order valence-corrected chi connectivity index (χ2v) is 8.83. The third-order valence-corrected chi connectivity index (χ3v) is 6.21.